The first kappa shape index (κ1) is 13.2. The van der Waals surface area contributed by atoms with E-state index in [-0.39, 0.29) is 6.61 Å². The van der Waals surface area contributed by atoms with Crippen LogP contribution in [0, 0.1) is 0 Å². The normalized spacial score (nSPS) is 9.94. The fraction of sp³-hybridized carbons (Fsp3) is 0.455. The summed E-state index contributed by atoms with van der Waals surface area (Å²) in [6.45, 7) is 3.34. The van der Waals surface area contributed by atoms with Gasteiger partial charge in [-0.1, -0.05) is 0 Å². The van der Waals surface area contributed by atoms with E-state index in [1.54, 1.807) is 12.3 Å². The second-order valence-corrected chi connectivity index (χ2v) is 3.23. The molecule has 6 nitrogen and oxygen atoms in total. The van der Waals surface area contributed by atoms with Gasteiger partial charge in [-0.15, -0.1) is 0 Å². The number of aromatic nitrogens is 1. The average molecular weight is 239 g/mol. The molecule has 0 bridgehead atoms. The molecule has 0 aromatic carbocycles. The molecule has 3 N–H and O–H groups in total. The number of carbonyl (C=O) groups excluding carboxylic acids is 1. The molecule has 0 spiro atoms. The first-order valence-electron chi connectivity index (χ1n) is 5.41. The van der Waals surface area contributed by atoms with E-state index in [9.17, 15) is 4.79 Å². The Morgan fingerprint density at radius 3 is 3.12 bits per heavy atom. The Kier molecular flexibility index (Phi) is 5.81. The number of anilines is 1. The lowest BCUT2D eigenvalue weighted by Crippen LogP contribution is -2.20. The van der Waals surface area contributed by atoms with Crippen LogP contribution in [0.5, 0.6) is 5.75 Å². The predicted octanol–water partition coefficient (Wildman–Crippen LogP) is 0.394. The molecule has 1 rings (SSSR count). The lowest BCUT2D eigenvalue weighted by molar-refractivity contribution is -0.122. The van der Waals surface area contributed by atoms with Gasteiger partial charge in [-0.25, -0.2) is 4.98 Å². The molecule has 0 aliphatic heterocycles. The summed E-state index contributed by atoms with van der Waals surface area (Å²) in [5.41, 5.74) is 4.93. The van der Waals surface area contributed by atoms with Crippen LogP contribution in [0.2, 0.25) is 0 Å². The summed E-state index contributed by atoms with van der Waals surface area (Å²) in [6, 6.07) is 3.64. The van der Waals surface area contributed by atoms with E-state index in [4.69, 9.17) is 15.2 Å². The zero-order valence-corrected chi connectivity index (χ0v) is 9.81. The topological polar surface area (TPSA) is 86.5 Å². The second kappa shape index (κ2) is 7.45. The fourth-order valence-corrected chi connectivity index (χ4v) is 1.21. The van der Waals surface area contributed by atoms with E-state index in [0.29, 0.717) is 31.3 Å². The number of carbonyl (C=O) groups is 1. The Hall–Kier alpha value is -1.82. The molecular weight excluding hydrogens is 222 g/mol. The maximum atomic E-state index is 10.4. The van der Waals surface area contributed by atoms with E-state index in [2.05, 4.69) is 10.3 Å². The van der Waals surface area contributed by atoms with Crippen molar-refractivity contribution in [3.63, 3.8) is 0 Å². The summed E-state index contributed by atoms with van der Waals surface area (Å²) < 4.78 is 10.4. The lowest BCUT2D eigenvalue weighted by atomic mass is 10.4. The summed E-state index contributed by atoms with van der Waals surface area (Å²) in [5, 5.41) is 3.06. The highest BCUT2D eigenvalue weighted by atomic mass is 16.5. The van der Waals surface area contributed by atoms with Crippen molar-refractivity contribution in [3.05, 3.63) is 18.3 Å². The molecule has 6 heteroatoms. The molecule has 17 heavy (non-hydrogen) atoms. The van der Waals surface area contributed by atoms with Crippen molar-refractivity contribution < 1.29 is 14.3 Å². The van der Waals surface area contributed by atoms with E-state index >= 15 is 0 Å². The number of pyridine rings is 1. The monoisotopic (exact) mass is 239 g/mol. The van der Waals surface area contributed by atoms with Gasteiger partial charge in [0.15, 0.2) is 11.6 Å². The lowest BCUT2D eigenvalue weighted by Gasteiger charge is -2.10. The summed E-state index contributed by atoms with van der Waals surface area (Å²) in [4.78, 5) is 14.6. The summed E-state index contributed by atoms with van der Waals surface area (Å²) in [5.74, 6) is 0.889. The molecular formula is C11H17N3O3. The highest BCUT2D eigenvalue weighted by Crippen LogP contribution is 2.20. The first-order chi connectivity index (χ1) is 8.24. The zero-order valence-electron chi connectivity index (χ0n) is 9.81. The number of rotatable bonds is 8. The Balaban J connectivity index is 2.33. The number of amides is 1. The number of primary amides is 1. The highest BCUT2D eigenvalue weighted by Gasteiger charge is 2.02. The number of nitrogens with two attached hydrogens (primary N) is 1. The molecule has 0 aliphatic carbocycles. The smallest absolute Gasteiger partial charge is 0.243 e. The number of nitrogens with zero attached hydrogens (tertiary/aromatic N) is 1. The number of hydrogen-bond donors (Lipinski definition) is 2. The largest absolute Gasteiger partial charge is 0.490 e. The van der Waals surface area contributed by atoms with E-state index < -0.39 is 5.91 Å². The van der Waals surface area contributed by atoms with Crippen molar-refractivity contribution in [2.24, 2.45) is 5.73 Å². The minimum absolute atomic E-state index is 0.0672. The van der Waals surface area contributed by atoms with Gasteiger partial charge in [0.1, 0.15) is 6.61 Å². The molecule has 0 aliphatic rings. The molecule has 0 atom stereocenters. The van der Waals surface area contributed by atoms with E-state index in [1.807, 2.05) is 13.0 Å². The van der Waals surface area contributed by atoms with Crippen LogP contribution in [0.3, 0.4) is 0 Å². The van der Waals surface area contributed by atoms with Crippen LogP contribution in [-0.2, 0) is 9.53 Å². The third-order valence-electron chi connectivity index (χ3n) is 1.85. The molecule has 0 fully saturated rings. The van der Waals surface area contributed by atoms with Crippen LogP contribution in [-0.4, -0.2) is 37.3 Å². The third kappa shape index (κ3) is 5.17. The molecule has 0 saturated heterocycles. The van der Waals surface area contributed by atoms with Crippen LogP contribution in [0.15, 0.2) is 18.3 Å². The van der Waals surface area contributed by atoms with E-state index in [0.717, 1.165) is 0 Å². The zero-order chi connectivity index (χ0) is 12.5. The molecule has 1 heterocycles. The number of ether oxygens (including phenoxy) is 2. The molecule has 1 aromatic rings. The Morgan fingerprint density at radius 2 is 2.41 bits per heavy atom. The molecule has 0 radical (unpaired) electrons. The van der Waals surface area contributed by atoms with Crippen LogP contribution < -0.4 is 15.8 Å². The first-order valence-corrected chi connectivity index (χ1v) is 5.41. The number of hydrogen-bond acceptors (Lipinski definition) is 5. The van der Waals surface area contributed by atoms with Crippen molar-refractivity contribution >= 4 is 11.7 Å². The fourth-order valence-electron chi connectivity index (χ4n) is 1.21. The van der Waals surface area contributed by atoms with Gasteiger partial charge in [0, 0.05) is 12.7 Å². The Bertz CT molecular complexity index is 358. The van der Waals surface area contributed by atoms with Crippen molar-refractivity contribution in [2.75, 3.05) is 31.7 Å². The molecule has 0 unspecified atom stereocenters. The van der Waals surface area contributed by atoms with Crippen molar-refractivity contribution in [2.45, 2.75) is 6.92 Å². The van der Waals surface area contributed by atoms with Gasteiger partial charge >= 0.3 is 0 Å². The van der Waals surface area contributed by atoms with Crippen molar-refractivity contribution in [1.82, 2.24) is 4.98 Å². The minimum atomic E-state index is -0.474. The third-order valence-corrected chi connectivity index (χ3v) is 1.85. The minimum Gasteiger partial charge on any atom is -0.490 e. The molecule has 0 saturated carbocycles. The van der Waals surface area contributed by atoms with Gasteiger partial charge in [0.25, 0.3) is 0 Å². The van der Waals surface area contributed by atoms with Crippen LogP contribution in [0.1, 0.15) is 6.92 Å². The molecule has 1 amide bonds. The van der Waals surface area contributed by atoms with Gasteiger partial charge in [0.2, 0.25) is 5.91 Å². The molecule has 94 valence electrons. The van der Waals surface area contributed by atoms with Gasteiger partial charge in [-0.3, -0.25) is 4.79 Å². The van der Waals surface area contributed by atoms with Gasteiger partial charge in [0.05, 0.1) is 13.2 Å². The predicted molar refractivity (Wildman–Crippen MR) is 63.9 cm³/mol. The van der Waals surface area contributed by atoms with Gasteiger partial charge < -0.3 is 20.5 Å². The average Bonchev–Trinajstić information content (AvgIpc) is 2.31. The quantitative estimate of drug-likeness (QED) is 0.641. The standard InChI is InChI=1S/C11H17N3O3/c1-2-17-9-4-3-5-13-11(9)14-6-7-16-8-10(12)15/h3-5H,2,6-8H2,1H3,(H2,12,15)(H,13,14). The van der Waals surface area contributed by atoms with Crippen LogP contribution in [0.4, 0.5) is 5.82 Å². The summed E-state index contributed by atoms with van der Waals surface area (Å²) >= 11 is 0. The molecule has 1 aromatic heterocycles. The van der Waals surface area contributed by atoms with Gasteiger partial charge in [-0.05, 0) is 19.1 Å². The Labute approximate surface area is 100 Å². The number of nitrogens with one attached hydrogen (secondary N) is 1. The highest BCUT2D eigenvalue weighted by molar-refractivity contribution is 5.74. The van der Waals surface area contributed by atoms with E-state index in [1.165, 1.54) is 0 Å². The van der Waals surface area contributed by atoms with Crippen molar-refractivity contribution in [3.8, 4) is 5.75 Å². The van der Waals surface area contributed by atoms with Crippen molar-refractivity contribution in [1.29, 1.82) is 0 Å². The SMILES string of the molecule is CCOc1cccnc1NCCOCC(N)=O. The maximum absolute atomic E-state index is 10.4. The Morgan fingerprint density at radius 1 is 1.59 bits per heavy atom. The van der Waals surface area contributed by atoms with Gasteiger partial charge in [-0.2, -0.15) is 0 Å². The summed E-state index contributed by atoms with van der Waals surface area (Å²) in [7, 11) is 0. The second-order valence-electron chi connectivity index (χ2n) is 3.23. The van der Waals surface area contributed by atoms with Crippen LogP contribution in [0.25, 0.3) is 0 Å². The summed E-state index contributed by atoms with van der Waals surface area (Å²) in [6.07, 6.45) is 1.68. The maximum Gasteiger partial charge on any atom is 0.243 e. The van der Waals surface area contributed by atoms with Crippen LogP contribution >= 0.6 is 0 Å².